The number of aromatic nitrogens is 3. The maximum atomic E-state index is 9.49. The smallest absolute Gasteiger partial charge is 0.207 e. The van der Waals surface area contributed by atoms with Crippen LogP contribution in [-0.2, 0) is 0 Å². The summed E-state index contributed by atoms with van der Waals surface area (Å²) in [7, 11) is 1.63. The Balaban J connectivity index is 1.59. The van der Waals surface area contributed by atoms with Gasteiger partial charge in [0.05, 0.1) is 12.8 Å². The maximum Gasteiger partial charge on any atom is 0.207 e. The van der Waals surface area contributed by atoms with Crippen LogP contribution in [0.3, 0.4) is 0 Å². The van der Waals surface area contributed by atoms with E-state index in [2.05, 4.69) is 45.4 Å². The molecule has 1 saturated heterocycles. The van der Waals surface area contributed by atoms with Crippen LogP contribution in [0.15, 0.2) is 54.6 Å². The van der Waals surface area contributed by atoms with E-state index in [9.17, 15) is 5.26 Å². The molecule has 0 bridgehead atoms. The molecule has 0 N–H and O–H groups in total. The predicted octanol–water partition coefficient (Wildman–Crippen LogP) is 3.14. The van der Waals surface area contributed by atoms with Crippen molar-refractivity contribution in [3.63, 3.8) is 0 Å². The minimum atomic E-state index is 0.356. The molecule has 0 amide bonds. The van der Waals surface area contributed by atoms with E-state index < -0.39 is 0 Å². The van der Waals surface area contributed by atoms with E-state index in [1.165, 1.54) is 10.4 Å². The van der Waals surface area contributed by atoms with E-state index in [0.717, 1.165) is 30.9 Å². The van der Waals surface area contributed by atoms with Crippen molar-refractivity contribution in [2.75, 3.05) is 25.1 Å². The molecule has 1 atom stereocenters. The molecule has 0 spiro atoms. The first-order valence-corrected chi connectivity index (χ1v) is 8.60. The highest BCUT2D eigenvalue weighted by molar-refractivity contribution is 5.52. The number of hydrogen-bond acceptors (Lipinski definition) is 5. The number of ether oxygens (including phenoxy) is 1. The molecule has 3 aromatic rings. The van der Waals surface area contributed by atoms with Gasteiger partial charge in [-0.15, -0.1) is 15.0 Å². The third kappa shape index (κ3) is 3.00. The van der Waals surface area contributed by atoms with Crippen molar-refractivity contribution < 1.29 is 4.74 Å². The summed E-state index contributed by atoms with van der Waals surface area (Å²) < 4.78 is 5.18. The lowest BCUT2D eigenvalue weighted by Crippen LogP contribution is -2.20. The van der Waals surface area contributed by atoms with Crippen LogP contribution >= 0.6 is 0 Å². The first kappa shape index (κ1) is 16.2. The first-order chi connectivity index (χ1) is 12.8. The SMILES string of the molecule is COc1ccc(-n2nc(C#N)c(N3CC[C@H](c4ccccc4)C3)n2)cc1. The van der Waals surface area contributed by atoms with Crippen molar-refractivity contribution >= 4 is 5.82 Å². The number of nitrogens with zero attached hydrogens (tertiary/aromatic N) is 5. The molecular formula is C20H19N5O. The van der Waals surface area contributed by atoms with E-state index in [-0.39, 0.29) is 0 Å². The summed E-state index contributed by atoms with van der Waals surface area (Å²) in [5.74, 6) is 1.88. The van der Waals surface area contributed by atoms with Crippen molar-refractivity contribution in [2.24, 2.45) is 0 Å². The minimum Gasteiger partial charge on any atom is -0.497 e. The van der Waals surface area contributed by atoms with Gasteiger partial charge in [-0.3, -0.25) is 0 Å². The van der Waals surface area contributed by atoms with Crippen LogP contribution in [0.25, 0.3) is 5.69 Å². The zero-order valence-corrected chi connectivity index (χ0v) is 14.5. The quantitative estimate of drug-likeness (QED) is 0.727. The lowest BCUT2D eigenvalue weighted by atomic mass is 9.99. The molecule has 2 aromatic carbocycles. The van der Waals surface area contributed by atoms with E-state index in [1.807, 2.05) is 30.3 Å². The van der Waals surface area contributed by atoms with Crippen molar-refractivity contribution in [3.8, 4) is 17.5 Å². The molecule has 0 aliphatic carbocycles. The summed E-state index contributed by atoms with van der Waals surface area (Å²) in [4.78, 5) is 3.67. The number of rotatable bonds is 4. The van der Waals surface area contributed by atoms with Crippen LogP contribution in [0.5, 0.6) is 5.75 Å². The van der Waals surface area contributed by atoms with Crippen LogP contribution in [0, 0.1) is 11.3 Å². The van der Waals surface area contributed by atoms with E-state index in [0.29, 0.717) is 17.4 Å². The number of hydrogen-bond donors (Lipinski definition) is 0. The lowest BCUT2D eigenvalue weighted by molar-refractivity contribution is 0.414. The summed E-state index contributed by atoms with van der Waals surface area (Å²) in [6, 6.07) is 20.1. The zero-order chi connectivity index (χ0) is 17.9. The average Bonchev–Trinajstić information content (AvgIpc) is 3.35. The van der Waals surface area contributed by atoms with Crippen LogP contribution < -0.4 is 9.64 Å². The Morgan fingerprint density at radius 1 is 1.08 bits per heavy atom. The molecule has 1 aliphatic heterocycles. The highest BCUT2D eigenvalue weighted by Gasteiger charge is 2.28. The second-order valence-electron chi connectivity index (χ2n) is 6.31. The molecule has 0 unspecified atom stereocenters. The van der Waals surface area contributed by atoms with Crippen molar-refractivity contribution in [1.82, 2.24) is 15.0 Å². The molecule has 2 heterocycles. The van der Waals surface area contributed by atoms with Crippen LogP contribution in [0.2, 0.25) is 0 Å². The molecular weight excluding hydrogens is 326 g/mol. The van der Waals surface area contributed by atoms with Crippen molar-refractivity contribution in [2.45, 2.75) is 12.3 Å². The van der Waals surface area contributed by atoms with Gasteiger partial charge >= 0.3 is 0 Å². The molecule has 6 heteroatoms. The normalized spacial score (nSPS) is 16.5. The van der Waals surface area contributed by atoms with Gasteiger partial charge in [-0.05, 0) is 36.2 Å². The summed E-state index contributed by atoms with van der Waals surface area (Å²) >= 11 is 0. The second kappa shape index (κ2) is 6.89. The van der Waals surface area contributed by atoms with E-state index in [1.54, 1.807) is 7.11 Å². The van der Waals surface area contributed by atoms with Gasteiger partial charge in [0.15, 0.2) is 5.82 Å². The molecule has 26 heavy (non-hydrogen) atoms. The van der Waals surface area contributed by atoms with Gasteiger partial charge in [0.1, 0.15) is 11.8 Å². The standard InChI is InChI=1S/C20H19N5O/c1-26-18-9-7-17(8-10-18)25-22-19(13-21)20(23-25)24-12-11-16(14-24)15-5-3-2-4-6-15/h2-10,16H,11-12,14H2,1H3/t16-/m0/s1. The van der Waals surface area contributed by atoms with Gasteiger partial charge in [-0.25, -0.2) is 0 Å². The Bertz CT molecular complexity index is 927. The van der Waals surface area contributed by atoms with Crippen LogP contribution in [-0.4, -0.2) is 35.2 Å². The molecule has 4 rings (SSSR count). The molecule has 1 fully saturated rings. The summed E-state index contributed by atoms with van der Waals surface area (Å²) in [6.45, 7) is 1.72. The summed E-state index contributed by atoms with van der Waals surface area (Å²) in [5, 5.41) is 18.4. The third-order valence-corrected chi connectivity index (χ3v) is 4.76. The Labute approximate surface area is 152 Å². The zero-order valence-electron chi connectivity index (χ0n) is 14.5. The lowest BCUT2D eigenvalue weighted by Gasteiger charge is -2.15. The Morgan fingerprint density at radius 3 is 2.54 bits per heavy atom. The average molecular weight is 345 g/mol. The molecule has 0 radical (unpaired) electrons. The Kier molecular flexibility index (Phi) is 4.28. The highest BCUT2D eigenvalue weighted by atomic mass is 16.5. The minimum absolute atomic E-state index is 0.356. The molecule has 1 aliphatic rings. The highest BCUT2D eigenvalue weighted by Crippen LogP contribution is 2.31. The third-order valence-electron chi connectivity index (χ3n) is 4.76. The molecule has 1 aromatic heterocycles. The summed E-state index contributed by atoms with van der Waals surface area (Å²) in [6.07, 6.45) is 1.05. The fraction of sp³-hybridized carbons (Fsp3) is 0.250. The van der Waals surface area contributed by atoms with Gasteiger partial charge in [0, 0.05) is 19.0 Å². The molecule has 130 valence electrons. The van der Waals surface area contributed by atoms with Crippen molar-refractivity contribution in [1.29, 1.82) is 5.26 Å². The molecule has 0 saturated carbocycles. The van der Waals surface area contributed by atoms with Gasteiger partial charge < -0.3 is 9.64 Å². The second-order valence-corrected chi connectivity index (χ2v) is 6.31. The van der Waals surface area contributed by atoms with Crippen molar-refractivity contribution in [3.05, 3.63) is 65.9 Å². The molecule has 6 nitrogen and oxygen atoms in total. The van der Waals surface area contributed by atoms with Gasteiger partial charge in [0.25, 0.3) is 0 Å². The number of anilines is 1. The number of benzene rings is 2. The van der Waals surface area contributed by atoms with Gasteiger partial charge in [0.2, 0.25) is 5.69 Å². The summed E-state index contributed by atoms with van der Waals surface area (Å²) in [5.41, 5.74) is 2.48. The maximum absolute atomic E-state index is 9.49. The topological polar surface area (TPSA) is 67.0 Å². The van der Waals surface area contributed by atoms with Gasteiger partial charge in [-0.1, -0.05) is 30.3 Å². The monoisotopic (exact) mass is 345 g/mol. The van der Waals surface area contributed by atoms with E-state index in [4.69, 9.17) is 4.74 Å². The first-order valence-electron chi connectivity index (χ1n) is 8.60. The van der Waals surface area contributed by atoms with E-state index >= 15 is 0 Å². The van der Waals surface area contributed by atoms with Crippen LogP contribution in [0.1, 0.15) is 23.6 Å². The largest absolute Gasteiger partial charge is 0.497 e. The van der Waals surface area contributed by atoms with Crippen LogP contribution in [0.4, 0.5) is 5.82 Å². The fourth-order valence-corrected chi connectivity index (χ4v) is 3.37. The number of nitriles is 1. The predicted molar refractivity (Wildman–Crippen MR) is 98.6 cm³/mol. The number of methoxy groups -OCH3 is 1. The Morgan fingerprint density at radius 2 is 1.85 bits per heavy atom. The Hall–Kier alpha value is -3.33. The van der Waals surface area contributed by atoms with Gasteiger partial charge in [-0.2, -0.15) is 5.26 Å². The fourth-order valence-electron chi connectivity index (χ4n) is 3.37.